The van der Waals surface area contributed by atoms with Crippen molar-refractivity contribution in [2.75, 3.05) is 26.4 Å². The Hall–Kier alpha value is -1.48. The predicted molar refractivity (Wildman–Crippen MR) is 120 cm³/mol. The number of nitrogen functional groups attached to an aromatic ring is 1. The molecule has 0 bridgehead atoms. The van der Waals surface area contributed by atoms with Gasteiger partial charge >= 0.3 is 0 Å². The summed E-state index contributed by atoms with van der Waals surface area (Å²) in [5.41, 5.74) is 15.8. The topological polar surface area (TPSA) is 73.1 Å². The average molecular weight is 513 g/mol. The zero-order chi connectivity index (χ0) is 20.4. The van der Waals surface area contributed by atoms with Gasteiger partial charge in [-0.05, 0) is 95.2 Å². The van der Waals surface area contributed by atoms with Crippen molar-refractivity contribution in [3.05, 3.63) is 56.5 Å². The van der Waals surface area contributed by atoms with Crippen molar-refractivity contribution < 1.29 is 4.39 Å². The van der Waals surface area contributed by atoms with Crippen LogP contribution >= 0.6 is 31.9 Å². The lowest BCUT2D eigenvalue weighted by molar-refractivity contribution is 0.384. The van der Waals surface area contributed by atoms with Crippen LogP contribution in [0.25, 0.3) is 11.0 Å². The molecule has 1 aromatic heterocycles. The monoisotopic (exact) mass is 511 g/mol. The third-order valence-electron chi connectivity index (χ3n) is 4.65. The van der Waals surface area contributed by atoms with Crippen LogP contribution in [0.3, 0.4) is 0 Å². The van der Waals surface area contributed by atoms with Gasteiger partial charge in [0.15, 0.2) is 0 Å². The highest BCUT2D eigenvalue weighted by Gasteiger charge is 2.19. The van der Waals surface area contributed by atoms with Gasteiger partial charge < -0.3 is 20.9 Å². The molecule has 0 aliphatic carbocycles. The number of nitrogens with zero attached hydrogens (tertiary/aromatic N) is 3. The Kier molecular flexibility index (Phi) is 6.75. The largest absolute Gasteiger partial charge is 0.397 e. The SMILES string of the molecule is CN(C)CCCn1c([C@H](N)Cc2cc(Br)c(N)c(Br)c2)nc2cc(F)ccc21. The molecule has 1 atom stereocenters. The lowest BCUT2D eigenvalue weighted by Gasteiger charge is -2.17. The molecule has 0 aliphatic rings. The number of hydrogen-bond acceptors (Lipinski definition) is 4. The van der Waals surface area contributed by atoms with Gasteiger partial charge in [-0.3, -0.25) is 0 Å². The van der Waals surface area contributed by atoms with E-state index in [-0.39, 0.29) is 11.9 Å². The zero-order valence-electron chi connectivity index (χ0n) is 15.9. The van der Waals surface area contributed by atoms with Crippen molar-refractivity contribution in [1.29, 1.82) is 0 Å². The van der Waals surface area contributed by atoms with E-state index in [4.69, 9.17) is 11.5 Å². The molecule has 3 aromatic rings. The molecule has 0 saturated heterocycles. The number of fused-ring (bicyclic) bond motifs is 1. The zero-order valence-corrected chi connectivity index (χ0v) is 19.1. The molecule has 8 heteroatoms. The molecule has 0 unspecified atom stereocenters. The summed E-state index contributed by atoms with van der Waals surface area (Å²) < 4.78 is 17.5. The van der Waals surface area contributed by atoms with Crippen LogP contribution in [-0.4, -0.2) is 35.1 Å². The van der Waals surface area contributed by atoms with Gasteiger partial charge in [-0.1, -0.05) is 0 Å². The molecule has 5 nitrogen and oxygen atoms in total. The van der Waals surface area contributed by atoms with Gasteiger partial charge in [0.1, 0.15) is 11.6 Å². The van der Waals surface area contributed by atoms with Crippen LogP contribution in [0.4, 0.5) is 10.1 Å². The number of nitrogens with two attached hydrogens (primary N) is 2. The summed E-state index contributed by atoms with van der Waals surface area (Å²) in [6.07, 6.45) is 1.55. The third kappa shape index (κ3) is 4.74. The fourth-order valence-electron chi connectivity index (χ4n) is 3.28. The lowest BCUT2D eigenvalue weighted by atomic mass is 10.1. The van der Waals surface area contributed by atoms with Gasteiger partial charge in [0.05, 0.1) is 22.8 Å². The standard InChI is InChI=1S/C20H24Br2FN5/c1-27(2)6-3-7-28-18-5-4-13(23)11-17(18)26-20(28)16(24)10-12-8-14(21)19(25)15(22)9-12/h4-5,8-9,11,16H,3,6-7,10,24-25H2,1-2H3/t16-/m1/s1. The second kappa shape index (κ2) is 8.90. The van der Waals surface area contributed by atoms with E-state index in [0.29, 0.717) is 17.6 Å². The number of anilines is 1. The Bertz CT molecular complexity index is 963. The minimum Gasteiger partial charge on any atom is -0.397 e. The van der Waals surface area contributed by atoms with Gasteiger partial charge in [-0.15, -0.1) is 0 Å². The van der Waals surface area contributed by atoms with Crippen LogP contribution in [0, 0.1) is 5.82 Å². The molecule has 0 spiro atoms. The number of hydrogen-bond donors (Lipinski definition) is 2. The summed E-state index contributed by atoms with van der Waals surface area (Å²) in [6, 6.07) is 8.33. The van der Waals surface area contributed by atoms with Crippen LogP contribution in [0.5, 0.6) is 0 Å². The first-order valence-electron chi connectivity index (χ1n) is 9.05. The molecule has 2 aromatic carbocycles. The summed E-state index contributed by atoms with van der Waals surface area (Å²) in [5, 5.41) is 0. The van der Waals surface area contributed by atoms with Crippen LogP contribution in [0.1, 0.15) is 23.9 Å². The highest BCUT2D eigenvalue weighted by atomic mass is 79.9. The van der Waals surface area contributed by atoms with Gasteiger partial charge in [-0.2, -0.15) is 0 Å². The summed E-state index contributed by atoms with van der Waals surface area (Å²) >= 11 is 6.96. The average Bonchev–Trinajstić information content (AvgIpc) is 2.97. The van der Waals surface area contributed by atoms with Crippen molar-refractivity contribution in [3.8, 4) is 0 Å². The molecule has 0 amide bonds. The first-order chi connectivity index (χ1) is 13.3. The van der Waals surface area contributed by atoms with Crippen LogP contribution in [0.2, 0.25) is 0 Å². The number of benzene rings is 2. The Balaban J connectivity index is 1.93. The molecule has 28 heavy (non-hydrogen) atoms. The molecule has 150 valence electrons. The first kappa shape index (κ1) is 21.2. The maximum absolute atomic E-state index is 13.7. The second-order valence-corrected chi connectivity index (χ2v) is 8.90. The quantitative estimate of drug-likeness (QED) is 0.458. The Morgan fingerprint density at radius 2 is 1.86 bits per heavy atom. The number of rotatable bonds is 7. The Labute approximate surface area is 181 Å². The van der Waals surface area contributed by atoms with Crippen LogP contribution < -0.4 is 11.5 Å². The minimum absolute atomic E-state index is 0.294. The molecule has 0 aliphatic heterocycles. The fraction of sp³-hybridized carbons (Fsp3) is 0.350. The van der Waals surface area contributed by atoms with Crippen molar-refractivity contribution in [2.24, 2.45) is 5.73 Å². The molecular weight excluding hydrogens is 489 g/mol. The van der Waals surface area contributed by atoms with E-state index in [9.17, 15) is 4.39 Å². The maximum atomic E-state index is 13.7. The minimum atomic E-state index is -0.322. The molecule has 4 N–H and O–H groups in total. The molecule has 1 heterocycles. The predicted octanol–water partition coefficient (Wildman–Crippen LogP) is 4.48. The van der Waals surface area contributed by atoms with Crippen LogP contribution in [-0.2, 0) is 13.0 Å². The van der Waals surface area contributed by atoms with Gasteiger partial charge in [-0.25, -0.2) is 9.37 Å². The maximum Gasteiger partial charge on any atom is 0.127 e. The van der Waals surface area contributed by atoms with Crippen molar-refractivity contribution in [1.82, 2.24) is 14.5 Å². The summed E-state index contributed by atoms with van der Waals surface area (Å²) in [4.78, 5) is 6.81. The van der Waals surface area contributed by atoms with Crippen molar-refractivity contribution >= 4 is 48.6 Å². The van der Waals surface area contributed by atoms with Gasteiger partial charge in [0, 0.05) is 21.6 Å². The van der Waals surface area contributed by atoms with Gasteiger partial charge in [0.2, 0.25) is 0 Å². The number of aromatic nitrogens is 2. The van der Waals surface area contributed by atoms with Crippen LogP contribution in [0.15, 0.2) is 39.3 Å². The fourth-order valence-corrected chi connectivity index (χ4v) is 4.57. The molecule has 0 radical (unpaired) electrons. The summed E-state index contributed by atoms with van der Waals surface area (Å²) in [6.45, 7) is 1.73. The van der Waals surface area contributed by atoms with Crippen molar-refractivity contribution in [3.63, 3.8) is 0 Å². The van der Waals surface area contributed by atoms with E-state index in [1.54, 1.807) is 6.07 Å². The molecule has 0 saturated carbocycles. The van der Waals surface area contributed by atoms with E-state index in [1.165, 1.54) is 12.1 Å². The second-order valence-electron chi connectivity index (χ2n) is 7.20. The lowest BCUT2D eigenvalue weighted by Crippen LogP contribution is -2.21. The Morgan fingerprint density at radius 3 is 2.50 bits per heavy atom. The molecule has 0 fully saturated rings. The Morgan fingerprint density at radius 1 is 1.18 bits per heavy atom. The van der Waals surface area contributed by atoms with Gasteiger partial charge in [0.25, 0.3) is 0 Å². The van der Waals surface area contributed by atoms with E-state index in [1.807, 2.05) is 26.2 Å². The first-order valence-corrected chi connectivity index (χ1v) is 10.6. The highest BCUT2D eigenvalue weighted by molar-refractivity contribution is 9.11. The molecule has 3 rings (SSSR count). The third-order valence-corrected chi connectivity index (χ3v) is 5.97. The van der Waals surface area contributed by atoms with E-state index in [0.717, 1.165) is 45.4 Å². The normalized spacial score (nSPS) is 12.8. The number of aryl methyl sites for hydroxylation is 1. The summed E-state index contributed by atoms with van der Waals surface area (Å²) in [7, 11) is 4.09. The van der Waals surface area contributed by atoms with Crippen molar-refractivity contribution in [2.45, 2.75) is 25.4 Å². The van der Waals surface area contributed by atoms with E-state index >= 15 is 0 Å². The molecular formula is C20H24Br2FN5. The van der Waals surface area contributed by atoms with E-state index < -0.39 is 0 Å². The smallest absolute Gasteiger partial charge is 0.127 e. The number of imidazole rings is 1. The number of halogens is 3. The highest BCUT2D eigenvalue weighted by Crippen LogP contribution is 2.31. The van der Waals surface area contributed by atoms with E-state index in [2.05, 4.69) is 46.3 Å². The summed E-state index contributed by atoms with van der Waals surface area (Å²) in [5.74, 6) is 0.473.